The van der Waals surface area contributed by atoms with E-state index >= 15 is 0 Å². The van der Waals surface area contributed by atoms with Gasteiger partial charge in [0.15, 0.2) is 0 Å². The van der Waals surface area contributed by atoms with Crippen molar-refractivity contribution in [2.24, 2.45) is 5.92 Å². The van der Waals surface area contributed by atoms with E-state index < -0.39 is 0 Å². The second-order valence-electron chi connectivity index (χ2n) is 3.18. The van der Waals surface area contributed by atoms with Crippen LogP contribution in [0.2, 0.25) is 0 Å². The van der Waals surface area contributed by atoms with E-state index in [0.29, 0.717) is 5.57 Å². The molecule has 0 saturated heterocycles. The van der Waals surface area contributed by atoms with E-state index in [2.05, 4.69) is 10.1 Å². The summed E-state index contributed by atoms with van der Waals surface area (Å²) in [5.41, 5.74) is 1.52. The lowest BCUT2D eigenvalue weighted by molar-refractivity contribution is -0.136. The number of thiocarbonyl (C=S) groups is 1. The summed E-state index contributed by atoms with van der Waals surface area (Å²) >= 11 is 5.04. The smallest absolute Gasteiger partial charge is 0.335 e. The predicted octanol–water partition coefficient (Wildman–Crippen LogP) is 1.39. The summed E-state index contributed by atoms with van der Waals surface area (Å²) in [5, 5.41) is 2.99. The van der Waals surface area contributed by atoms with Gasteiger partial charge in [-0.05, 0) is 12.8 Å². The summed E-state index contributed by atoms with van der Waals surface area (Å²) < 4.78 is 4.69. The van der Waals surface area contributed by atoms with Gasteiger partial charge in [0.2, 0.25) is 0 Å². The molecule has 1 unspecified atom stereocenters. The van der Waals surface area contributed by atoms with Gasteiger partial charge in [0.1, 0.15) is 0 Å². The van der Waals surface area contributed by atoms with Gasteiger partial charge in [-0.15, -0.1) is 0 Å². The average molecular weight is 199 g/mol. The molecule has 4 heteroatoms. The average Bonchev–Trinajstić information content (AvgIpc) is 2.02. The number of rotatable bonds is 1. The van der Waals surface area contributed by atoms with Crippen molar-refractivity contribution in [1.82, 2.24) is 5.32 Å². The van der Waals surface area contributed by atoms with Crippen LogP contribution in [0.15, 0.2) is 11.3 Å². The maximum absolute atomic E-state index is 11.3. The first-order valence-corrected chi connectivity index (χ1v) is 4.56. The molecule has 0 aliphatic carbocycles. The zero-order valence-corrected chi connectivity index (χ0v) is 8.83. The van der Waals surface area contributed by atoms with Crippen LogP contribution in [-0.2, 0) is 9.53 Å². The van der Waals surface area contributed by atoms with Gasteiger partial charge >= 0.3 is 5.97 Å². The molecule has 0 saturated carbocycles. The number of hydrogen-bond acceptors (Lipinski definition) is 3. The Balaban J connectivity index is 2.97. The topological polar surface area (TPSA) is 38.3 Å². The molecule has 1 N–H and O–H groups in total. The fourth-order valence-corrected chi connectivity index (χ4v) is 1.94. The van der Waals surface area contributed by atoms with Crippen LogP contribution in [0.1, 0.15) is 20.3 Å². The van der Waals surface area contributed by atoms with Crippen LogP contribution in [-0.4, -0.2) is 18.1 Å². The van der Waals surface area contributed by atoms with Crippen LogP contribution in [0.3, 0.4) is 0 Å². The maximum Gasteiger partial charge on any atom is 0.335 e. The van der Waals surface area contributed by atoms with Crippen molar-refractivity contribution in [2.75, 3.05) is 7.11 Å². The minimum Gasteiger partial charge on any atom is -0.466 e. The highest BCUT2D eigenvalue weighted by Crippen LogP contribution is 2.23. The van der Waals surface area contributed by atoms with Gasteiger partial charge in [0, 0.05) is 12.1 Å². The van der Waals surface area contributed by atoms with E-state index in [-0.39, 0.29) is 11.9 Å². The third-order valence-corrected chi connectivity index (χ3v) is 2.39. The Kier molecular flexibility index (Phi) is 3.03. The zero-order valence-electron chi connectivity index (χ0n) is 8.01. The Morgan fingerprint density at radius 1 is 1.69 bits per heavy atom. The SMILES string of the molecule is COC(=O)C1=C(C)NC(=S)CC1C. The van der Waals surface area contributed by atoms with Gasteiger partial charge < -0.3 is 10.1 Å². The molecule has 72 valence electrons. The van der Waals surface area contributed by atoms with Crippen molar-refractivity contribution in [3.05, 3.63) is 11.3 Å². The quantitative estimate of drug-likeness (QED) is 0.511. The summed E-state index contributed by atoms with van der Waals surface area (Å²) in [4.78, 5) is 12.1. The number of carbonyl (C=O) groups excluding carboxylic acids is 1. The summed E-state index contributed by atoms with van der Waals surface area (Å²) in [6, 6.07) is 0. The molecule has 1 atom stereocenters. The lowest BCUT2D eigenvalue weighted by Crippen LogP contribution is -2.32. The zero-order chi connectivity index (χ0) is 10.0. The van der Waals surface area contributed by atoms with Crippen LogP contribution in [0.5, 0.6) is 0 Å². The van der Waals surface area contributed by atoms with Gasteiger partial charge in [-0.25, -0.2) is 4.79 Å². The Morgan fingerprint density at radius 3 is 2.77 bits per heavy atom. The largest absolute Gasteiger partial charge is 0.466 e. The monoisotopic (exact) mass is 199 g/mol. The van der Waals surface area contributed by atoms with Crippen molar-refractivity contribution in [2.45, 2.75) is 20.3 Å². The first kappa shape index (κ1) is 10.2. The van der Waals surface area contributed by atoms with Gasteiger partial charge in [0.05, 0.1) is 17.7 Å². The molecule has 0 aromatic heterocycles. The van der Waals surface area contributed by atoms with Crippen molar-refractivity contribution >= 4 is 23.2 Å². The molecule has 0 aromatic rings. The number of nitrogens with one attached hydrogen (secondary N) is 1. The van der Waals surface area contributed by atoms with E-state index in [9.17, 15) is 4.79 Å². The molecule has 0 amide bonds. The van der Waals surface area contributed by atoms with Gasteiger partial charge in [-0.1, -0.05) is 19.1 Å². The van der Waals surface area contributed by atoms with Gasteiger partial charge in [0.25, 0.3) is 0 Å². The van der Waals surface area contributed by atoms with E-state index in [1.807, 2.05) is 13.8 Å². The molecular formula is C9H13NO2S. The van der Waals surface area contributed by atoms with Crippen molar-refractivity contribution < 1.29 is 9.53 Å². The third kappa shape index (κ3) is 2.06. The van der Waals surface area contributed by atoms with E-state index in [4.69, 9.17) is 12.2 Å². The normalized spacial score (nSPS) is 22.7. The number of ether oxygens (including phenoxy) is 1. The number of esters is 1. The molecule has 0 radical (unpaired) electrons. The second kappa shape index (κ2) is 3.87. The number of hydrogen-bond donors (Lipinski definition) is 1. The number of carbonyl (C=O) groups is 1. The third-order valence-electron chi connectivity index (χ3n) is 2.12. The van der Waals surface area contributed by atoms with Crippen molar-refractivity contribution in [3.8, 4) is 0 Å². The molecule has 1 aliphatic heterocycles. The summed E-state index contributed by atoms with van der Waals surface area (Å²) in [6.07, 6.45) is 0.719. The maximum atomic E-state index is 11.3. The van der Waals surface area contributed by atoms with Crippen LogP contribution in [0.4, 0.5) is 0 Å². The van der Waals surface area contributed by atoms with E-state index in [1.165, 1.54) is 7.11 Å². The minimum atomic E-state index is -0.264. The standard InChI is InChI=1S/C9H13NO2S/c1-5-4-7(13)10-6(2)8(5)9(11)12-3/h5H,4H2,1-3H3,(H,10,13). The number of methoxy groups -OCH3 is 1. The molecule has 1 heterocycles. The van der Waals surface area contributed by atoms with E-state index in [1.54, 1.807) is 0 Å². The molecule has 3 nitrogen and oxygen atoms in total. The van der Waals surface area contributed by atoms with Gasteiger partial charge in [-0.2, -0.15) is 0 Å². The molecule has 0 bridgehead atoms. The van der Waals surface area contributed by atoms with Crippen LogP contribution >= 0.6 is 12.2 Å². The molecular weight excluding hydrogens is 186 g/mol. The lowest BCUT2D eigenvalue weighted by Gasteiger charge is -2.24. The first-order valence-electron chi connectivity index (χ1n) is 4.15. The molecule has 1 aliphatic rings. The highest BCUT2D eigenvalue weighted by atomic mass is 32.1. The Bertz CT molecular complexity index is 283. The van der Waals surface area contributed by atoms with Crippen LogP contribution in [0, 0.1) is 5.92 Å². The Labute approximate surface area is 83.1 Å². The molecule has 13 heavy (non-hydrogen) atoms. The molecule has 0 aromatic carbocycles. The summed E-state index contributed by atoms with van der Waals surface area (Å²) in [6.45, 7) is 3.82. The van der Waals surface area contributed by atoms with Crippen molar-refractivity contribution in [3.63, 3.8) is 0 Å². The number of allylic oxidation sites excluding steroid dienone is 1. The Hall–Kier alpha value is -0.900. The van der Waals surface area contributed by atoms with Crippen LogP contribution in [0.25, 0.3) is 0 Å². The van der Waals surface area contributed by atoms with E-state index in [0.717, 1.165) is 17.1 Å². The minimum absolute atomic E-state index is 0.154. The highest BCUT2D eigenvalue weighted by Gasteiger charge is 2.25. The molecule has 1 rings (SSSR count). The first-order chi connectivity index (χ1) is 6.06. The van der Waals surface area contributed by atoms with Gasteiger partial charge in [-0.3, -0.25) is 0 Å². The van der Waals surface area contributed by atoms with Crippen molar-refractivity contribution in [1.29, 1.82) is 0 Å². The lowest BCUT2D eigenvalue weighted by atomic mass is 9.93. The predicted molar refractivity (Wildman–Crippen MR) is 54.2 cm³/mol. The fraction of sp³-hybridized carbons (Fsp3) is 0.556. The highest BCUT2D eigenvalue weighted by molar-refractivity contribution is 7.80. The summed E-state index contributed by atoms with van der Waals surface area (Å²) in [5.74, 6) is -0.110. The summed E-state index contributed by atoms with van der Waals surface area (Å²) in [7, 11) is 1.39. The Morgan fingerprint density at radius 2 is 2.31 bits per heavy atom. The fourth-order valence-electron chi connectivity index (χ4n) is 1.54. The molecule has 0 fully saturated rings. The van der Waals surface area contributed by atoms with Crippen LogP contribution < -0.4 is 5.32 Å². The second-order valence-corrected chi connectivity index (χ2v) is 3.68. The molecule has 0 spiro atoms.